The lowest BCUT2D eigenvalue weighted by atomic mass is 9.95. The molecule has 0 aliphatic carbocycles. The first-order chi connectivity index (χ1) is 12.5. The number of carbonyl (C=O) groups is 4. The van der Waals surface area contributed by atoms with Crippen molar-refractivity contribution in [3.05, 3.63) is 34.4 Å². The van der Waals surface area contributed by atoms with Crippen LogP contribution in [0.5, 0.6) is 0 Å². The molecule has 2 unspecified atom stereocenters. The lowest BCUT2D eigenvalue weighted by Crippen LogP contribution is -2.36. The number of carboxylic acid groups (broad SMARTS) is 4. The van der Waals surface area contributed by atoms with Crippen molar-refractivity contribution in [1.82, 2.24) is 5.32 Å². The molecule has 0 radical (unpaired) electrons. The smallest absolute Gasteiger partial charge is 0.337 e. The van der Waals surface area contributed by atoms with Crippen LogP contribution in [0, 0.1) is 0 Å². The molecule has 0 aromatic heterocycles. The van der Waals surface area contributed by atoms with Crippen molar-refractivity contribution < 1.29 is 49.1 Å². The molecule has 0 heterocycles. The van der Waals surface area contributed by atoms with E-state index in [1.807, 2.05) is 13.8 Å². The Hall–Kier alpha value is -3.02. The predicted molar refractivity (Wildman–Crippen MR) is 90.4 cm³/mol. The molecule has 150 valence electrons. The Morgan fingerprint density at radius 1 is 0.741 bits per heavy atom. The van der Waals surface area contributed by atoms with Gasteiger partial charge in [0.25, 0.3) is 0 Å². The fraction of sp³-hybridized carbons (Fsp3) is 0.375. The number of hydrogen-bond acceptors (Lipinski definition) is 7. The molecule has 0 saturated carbocycles. The van der Waals surface area contributed by atoms with E-state index in [9.17, 15) is 19.2 Å². The van der Waals surface area contributed by atoms with Crippen LogP contribution >= 0.6 is 0 Å². The first-order valence-corrected chi connectivity index (χ1v) is 7.39. The van der Waals surface area contributed by atoms with Crippen LogP contribution in [0.25, 0.3) is 0 Å². The molecule has 0 aliphatic rings. The van der Waals surface area contributed by atoms with E-state index >= 15 is 0 Å². The van der Waals surface area contributed by atoms with Gasteiger partial charge >= 0.3 is 23.9 Å². The van der Waals surface area contributed by atoms with Crippen molar-refractivity contribution in [2.45, 2.75) is 26.3 Å². The molecule has 0 bridgehead atoms. The van der Waals surface area contributed by atoms with E-state index in [0.29, 0.717) is 0 Å². The highest BCUT2D eigenvalue weighted by Gasteiger charge is 2.29. The topological polar surface area (TPSA) is 180 Å². The van der Waals surface area contributed by atoms with E-state index in [-0.39, 0.29) is 12.5 Å². The standard InChI is InChI=1S/C10H6O8.C6H15NO2/c11-7(12)3-1-2-4(8(13)14)6(10(17)18)5(3)9(15)16;1-5(8-3)7-6(2)9-4/h1-2H,(H,11,12)(H,13,14)(H,15,16)(H,17,18);5-7H,1-4H3. The largest absolute Gasteiger partial charge is 0.478 e. The molecule has 0 fully saturated rings. The number of nitrogens with one attached hydrogen (secondary N) is 1. The molecule has 1 aromatic rings. The number of carboxylic acids is 4. The van der Waals surface area contributed by atoms with E-state index in [4.69, 9.17) is 29.9 Å². The zero-order chi connectivity index (χ0) is 21.3. The van der Waals surface area contributed by atoms with Gasteiger partial charge in [0.15, 0.2) is 0 Å². The van der Waals surface area contributed by atoms with Crippen LogP contribution in [0.2, 0.25) is 0 Å². The maximum absolute atomic E-state index is 10.9. The maximum atomic E-state index is 10.9. The molecule has 1 rings (SSSR count). The average Bonchev–Trinajstić information content (AvgIpc) is 2.60. The van der Waals surface area contributed by atoms with Gasteiger partial charge in [0, 0.05) is 14.2 Å². The molecule has 1 aromatic carbocycles. The summed E-state index contributed by atoms with van der Waals surface area (Å²) in [7, 11) is 3.31. The molecule has 0 amide bonds. The molecule has 0 aliphatic heterocycles. The Labute approximate surface area is 154 Å². The monoisotopic (exact) mass is 387 g/mol. The van der Waals surface area contributed by atoms with Crippen LogP contribution < -0.4 is 5.32 Å². The summed E-state index contributed by atoms with van der Waals surface area (Å²) in [6.45, 7) is 3.85. The van der Waals surface area contributed by atoms with Crippen LogP contribution in [0.4, 0.5) is 0 Å². The number of ether oxygens (including phenoxy) is 2. The normalized spacial score (nSPS) is 12.3. The Kier molecular flexibility index (Phi) is 9.64. The minimum absolute atomic E-state index is 0.0555. The van der Waals surface area contributed by atoms with E-state index in [1.54, 1.807) is 14.2 Å². The van der Waals surface area contributed by atoms with Crippen molar-refractivity contribution >= 4 is 23.9 Å². The number of benzene rings is 1. The summed E-state index contributed by atoms with van der Waals surface area (Å²) in [4.78, 5) is 43.4. The lowest BCUT2D eigenvalue weighted by molar-refractivity contribution is 0.00785. The lowest BCUT2D eigenvalue weighted by Gasteiger charge is -2.16. The zero-order valence-electron chi connectivity index (χ0n) is 15.0. The first kappa shape index (κ1) is 24.0. The summed E-state index contributed by atoms with van der Waals surface area (Å²) in [5.41, 5.74) is -3.69. The summed E-state index contributed by atoms with van der Waals surface area (Å²) >= 11 is 0. The third-order valence-corrected chi connectivity index (χ3v) is 3.27. The zero-order valence-corrected chi connectivity index (χ0v) is 15.0. The Morgan fingerprint density at radius 2 is 1.04 bits per heavy atom. The highest BCUT2D eigenvalue weighted by atomic mass is 16.5. The first-order valence-electron chi connectivity index (χ1n) is 7.39. The Morgan fingerprint density at radius 3 is 1.22 bits per heavy atom. The van der Waals surface area contributed by atoms with Gasteiger partial charge in [-0.2, -0.15) is 0 Å². The Balaban J connectivity index is 0.000000636. The molecule has 2 atom stereocenters. The summed E-state index contributed by atoms with van der Waals surface area (Å²) in [6, 6.07) is 1.48. The van der Waals surface area contributed by atoms with Crippen LogP contribution in [0.15, 0.2) is 12.1 Å². The second-order valence-electron chi connectivity index (χ2n) is 5.05. The fourth-order valence-corrected chi connectivity index (χ4v) is 1.87. The summed E-state index contributed by atoms with van der Waals surface area (Å²) < 4.78 is 9.86. The second-order valence-corrected chi connectivity index (χ2v) is 5.05. The van der Waals surface area contributed by atoms with Crippen molar-refractivity contribution in [2.24, 2.45) is 0 Å². The van der Waals surface area contributed by atoms with E-state index in [0.717, 1.165) is 12.1 Å². The molecule has 11 nitrogen and oxygen atoms in total. The summed E-state index contributed by atoms with van der Waals surface area (Å²) in [5.74, 6) is -6.97. The van der Waals surface area contributed by atoms with Crippen molar-refractivity contribution in [3.63, 3.8) is 0 Å². The molecule has 5 N–H and O–H groups in total. The van der Waals surface area contributed by atoms with Gasteiger partial charge in [0.1, 0.15) is 12.5 Å². The average molecular weight is 387 g/mol. The van der Waals surface area contributed by atoms with Crippen LogP contribution in [-0.4, -0.2) is 71.0 Å². The molecule has 11 heteroatoms. The highest BCUT2D eigenvalue weighted by Crippen LogP contribution is 2.20. The molecule has 0 saturated heterocycles. The molecular formula is C16H21NO10. The summed E-state index contributed by atoms with van der Waals surface area (Å²) in [5, 5.41) is 38.2. The van der Waals surface area contributed by atoms with Crippen LogP contribution in [0.3, 0.4) is 0 Å². The van der Waals surface area contributed by atoms with Gasteiger partial charge in [0.2, 0.25) is 0 Å². The molecule has 27 heavy (non-hydrogen) atoms. The molecular weight excluding hydrogens is 366 g/mol. The van der Waals surface area contributed by atoms with Gasteiger partial charge in [-0.05, 0) is 26.0 Å². The minimum atomic E-state index is -1.83. The van der Waals surface area contributed by atoms with E-state index < -0.39 is 46.1 Å². The van der Waals surface area contributed by atoms with Gasteiger partial charge in [-0.15, -0.1) is 0 Å². The number of rotatable bonds is 8. The summed E-state index contributed by atoms with van der Waals surface area (Å²) in [6.07, 6.45) is 0.111. The van der Waals surface area contributed by atoms with Crippen molar-refractivity contribution in [3.8, 4) is 0 Å². The van der Waals surface area contributed by atoms with Crippen LogP contribution in [0.1, 0.15) is 55.3 Å². The third-order valence-electron chi connectivity index (χ3n) is 3.27. The quantitative estimate of drug-likeness (QED) is 0.402. The predicted octanol–water partition coefficient (Wildman–Crippen LogP) is 1.04. The van der Waals surface area contributed by atoms with E-state index in [1.165, 1.54) is 0 Å². The highest BCUT2D eigenvalue weighted by molar-refractivity contribution is 6.13. The maximum Gasteiger partial charge on any atom is 0.337 e. The third kappa shape index (κ3) is 7.01. The number of aromatic carboxylic acids is 4. The van der Waals surface area contributed by atoms with Gasteiger partial charge < -0.3 is 29.9 Å². The number of methoxy groups -OCH3 is 2. The SMILES string of the molecule is COC(C)NC(C)OC.O=C(O)c1ccc(C(=O)O)c(C(=O)O)c1C(=O)O. The minimum Gasteiger partial charge on any atom is -0.478 e. The van der Waals surface area contributed by atoms with Crippen molar-refractivity contribution in [1.29, 1.82) is 0 Å². The van der Waals surface area contributed by atoms with Gasteiger partial charge in [-0.1, -0.05) is 0 Å². The van der Waals surface area contributed by atoms with Gasteiger partial charge in [-0.3, -0.25) is 5.32 Å². The fourth-order valence-electron chi connectivity index (χ4n) is 1.87. The Bertz CT molecular complexity index is 656. The van der Waals surface area contributed by atoms with Crippen molar-refractivity contribution in [2.75, 3.05) is 14.2 Å². The van der Waals surface area contributed by atoms with Gasteiger partial charge in [-0.25, -0.2) is 19.2 Å². The second kappa shape index (κ2) is 10.9. The van der Waals surface area contributed by atoms with Crippen LogP contribution in [-0.2, 0) is 9.47 Å². The van der Waals surface area contributed by atoms with Gasteiger partial charge in [0.05, 0.1) is 22.3 Å². The molecule has 0 spiro atoms. The number of hydrogen-bond donors (Lipinski definition) is 5. The van der Waals surface area contributed by atoms with E-state index in [2.05, 4.69) is 5.32 Å².